The molecular weight excluding hydrogens is 248 g/mol. The van der Waals surface area contributed by atoms with Gasteiger partial charge in [0, 0.05) is 19.3 Å². The van der Waals surface area contributed by atoms with Crippen molar-refractivity contribution in [2.45, 2.75) is 6.92 Å². The van der Waals surface area contributed by atoms with Crippen LogP contribution in [0.5, 0.6) is 0 Å². The average Bonchev–Trinajstić information content (AvgIpc) is 2.36. The molecule has 4 amide bonds. The van der Waals surface area contributed by atoms with Gasteiger partial charge in [0.2, 0.25) is 11.8 Å². The first-order chi connectivity index (χ1) is 8.99. The summed E-state index contributed by atoms with van der Waals surface area (Å²) in [7, 11) is 1.34. The molecule has 100 valence electrons. The number of rotatable bonds is 2. The number of hydrogen-bond acceptors (Lipinski definition) is 4. The van der Waals surface area contributed by atoms with Crippen LogP contribution in [0.3, 0.4) is 0 Å². The van der Waals surface area contributed by atoms with Gasteiger partial charge in [-0.3, -0.25) is 14.5 Å². The van der Waals surface area contributed by atoms with E-state index in [-0.39, 0.29) is 6.54 Å². The molecule has 1 aliphatic rings. The van der Waals surface area contributed by atoms with Crippen LogP contribution in [0.25, 0.3) is 0 Å². The van der Waals surface area contributed by atoms with Crippen LogP contribution < -0.4 is 10.6 Å². The number of carbonyl (C=O) groups excluding carboxylic acids is 3. The van der Waals surface area contributed by atoms with Crippen molar-refractivity contribution in [3.8, 4) is 0 Å². The van der Waals surface area contributed by atoms with Gasteiger partial charge in [-0.15, -0.1) is 0 Å². The largest absolute Gasteiger partial charge is 0.336 e. The fourth-order valence-corrected chi connectivity index (χ4v) is 1.76. The molecule has 1 atom stereocenters. The van der Waals surface area contributed by atoms with Crippen LogP contribution in [0.2, 0.25) is 0 Å². The van der Waals surface area contributed by atoms with Gasteiger partial charge in [-0.25, -0.2) is 9.78 Å². The number of anilines is 1. The summed E-state index contributed by atoms with van der Waals surface area (Å²) in [6.07, 6.45) is 0. The maximum atomic E-state index is 12.0. The second-order valence-corrected chi connectivity index (χ2v) is 4.29. The van der Waals surface area contributed by atoms with Crippen LogP contribution in [0, 0.1) is 12.8 Å². The third-order valence-corrected chi connectivity index (χ3v) is 2.85. The number of hydrogen-bond donors (Lipinski definition) is 2. The smallest absolute Gasteiger partial charge is 0.323 e. The normalized spacial score (nSPS) is 19.1. The third kappa shape index (κ3) is 2.70. The standard InChI is InChI=1S/C12H14N4O3/c1-7-4-3-5-9(14-7)15-10(17)8-6-13-12(19)16(2)11(8)18/h3-5,8H,6H2,1-2H3,(H,13,19)(H,14,15,17). The van der Waals surface area contributed by atoms with Gasteiger partial charge in [-0.05, 0) is 19.1 Å². The highest BCUT2D eigenvalue weighted by Crippen LogP contribution is 2.11. The summed E-state index contributed by atoms with van der Waals surface area (Å²) in [5.74, 6) is -1.54. The zero-order valence-electron chi connectivity index (χ0n) is 10.6. The Morgan fingerprint density at radius 3 is 2.89 bits per heavy atom. The highest BCUT2D eigenvalue weighted by atomic mass is 16.2. The first-order valence-corrected chi connectivity index (χ1v) is 5.79. The van der Waals surface area contributed by atoms with Gasteiger partial charge in [0.05, 0.1) is 0 Å². The van der Waals surface area contributed by atoms with Gasteiger partial charge >= 0.3 is 6.03 Å². The summed E-state index contributed by atoms with van der Waals surface area (Å²) >= 11 is 0. The molecule has 2 rings (SSSR count). The summed E-state index contributed by atoms with van der Waals surface area (Å²) in [6, 6.07) is 4.70. The van der Waals surface area contributed by atoms with Crippen LogP contribution in [-0.2, 0) is 9.59 Å². The Labute approximate surface area is 110 Å². The number of urea groups is 1. The van der Waals surface area contributed by atoms with E-state index in [1.54, 1.807) is 25.1 Å². The molecule has 2 heterocycles. The van der Waals surface area contributed by atoms with Gasteiger partial charge in [0.25, 0.3) is 0 Å². The second-order valence-electron chi connectivity index (χ2n) is 4.29. The molecule has 1 aliphatic heterocycles. The summed E-state index contributed by atoms with van der Waals surface area (Å²) < 4.78 is 0. The maximum Gasteiger partial charge on any atom is 0.323 e. The van der Waals surface area contributed by atoms with E-state index in [1.807, 2.05) is 0 Å². The molecule has 1 saturated heterocycles. The van der Waals surface area contributed by atoms with Crippen molar-refractivity contribution >= 4 is 23.7 Å². The Hall–Kier alpha value is -2.44. The van der Waals surface area contributed by atoms with E-state index in [0.29, 0.717) is 5.82 Å². The Balaban J connectivity index is 2.08. The molecule has 1 aromatic heterocycles. The van der Waals surface area contributed by atoms with Crippen molar-refractivity contribution in [3.05, 3.63) is 23.9 Å². The van der Waals surface area contributed by atoms with Crippen LogP contribution >= 0.6 is 0 Å². The summed E-state index contributed by atoms with van der Waals surface area (Å²) in [5, 5.41) is 5.04. The van der Waals surface area contributed by atoms with Crippen LogP contribution in [0.15, 0.2) is 18.2 Å². The van der Waals surface area contributed by atoms with Crippen molar-refractivity contribution < 1.29 is 14.4 Å². The summed E-state index contributed by atoms with van der Waals surface area (Å²) in [5.41, 5.74) is 0.762. The van der Waals surface area contributed by atoms with E-state index in [4.69, 9.17) is 0 Å². The molecule has 0 saturated carbocycles. The molecule has 7 nitrogen and oxygen atoms in total. The van der Waals surface area contributed by atoms with E-state index in [1.165, 1.54) is 7.05 Å². The van der Waals surface area contributed by atoms with Gasteiger partial charge < -0.3 is 10.6 Å². The van der Waals surface area contributed by atoms with E-state index in [2.05, 4.69) is 15.6 Å². The highest BCUT2D eigenvalue weighted by molar-refractivity contribution is 6.11. The Morgan fingerprint density at radius 1 is 1.47 bits per heavy atom. The quantitative estimate of drug-likeness (QED) is 0.741. The number of amides is 4. The number of aromatic nitrogens is 1. The summed E-state index contributed by atoms with van der Waals surface area (Å²) in [4.78, 5) is 40.1. The zero-order chi connectivity index (χ0) is 14.0. The van der Waals surface area contributed by atoms with E-state index >= 15 is 0 Å². The molecule has 2 N–H and O–H groups in total. The van der Waals surface area contributed by atoms with E-state index in [9.17, 15) is 14.4 Å². The Morgan fingerprint density at radius 2 is 2.21 bits per heavy atom. The Kier molecular flexibility index (Phi) is 3.46. The van der Waals surface area contributed by atoms with Crippen molar-refractivity contribution in [1.29, 1.82) is 0 Å². The zero-order valence-corrected chi connectivity index (χ0v) is 10.6. The summed E-state index contributed by atoms with van der Waals surface area (Å²) in [6.45, 7) is 1.80. The van der Waals surface area contributed by atoms with E-state index < -0.39 is 23.8 Å². The molecule has 0 aliphatic carbocycles. The molecule has 1 unspecified atom stereocenters. The predicted octanol–water partition coefficient (Wildman–Crippen LogP) is 0.126. The minimum atomic E-state index is -0.926. The fourth-order valence-electron chi connectivity index (χ4n) is 1.76. The van der Waals surface area contributed by atoms with Crippen LogP contribution in [0.4, 0.5) is 10.6 Å². The van der Waals surface area contributed by atoms with Crippen molar-refractivity contribution in [2.75, 3.05) is 18.9 Å². The molecule has 0 bridgehead atoms. The first kappa shape index (κ1) is 13.0. The lowest BCUT2D eigenvalue weighted by atomic mass is 10.1. The lowest BCUT2D eigenvalue weighted by Crippen LogP contribution is -2.56. The number of nitrogens with one attached hydrogen (secondary N) is 2. The monoisotopic (exact) mass is 262 g/mol. The Bertz CT molecular complexity index is 544. The second kappa shape index (κ2) is 5.05. The minimum Gasteiger partial charge on any atom is -0.336 e. The molecule has 19 heavy (non-hydrogen) atoms. The molecule has 1 fully saturated rings. The molecule has 0 spiro atoms. The molecule has 7 heteroatoms. The fraction of sp³-hybridized carbons (Fsp3) is 0.333. The number of imide groups is 1. The average molecular weight is 262 g/mol. The van der Waals surface area contributed by atoms with Crippen LogP contribution in [0.1, 0.15) is 5.69 Å². The molecule has 0 radical (unpaired) electrons. The topological polar surface area (TPSA) is 91.4 Å². The number of pyridine rings is 1. The molecular formula is C12H14N4O3. The third-order valence-electron chi connectivity index (χ3n) is 2.85. The number of nitrogens with zero attached hydrogens (tertiary/aromatic N) is 2. The molecule has 1 aromatic rings. The first-order valence-electron chi connectivity index (χ1n) is 5.79. The van der Waals surface area contributed by atoms with Crippen molar-refractivity contribution in [3.63, 3.8) is 0 Å². The molecule has 0 aromatic carbocycles. The SMILES string of the molecule is Cc1cccc(NC(=O)C2CNC(=O)N(C)C2=O)n1. The van der Waals surface area contributed by atoms with Gasteiger partial charge in [0.1, 0.15) is 11.7 Å². The highest BCUT2D eigenvalue weighted by Gasteiger charge is 2.36. The van der Waals surface area contributed by atoms with Gasteiger partial charge in [0.15, 0.2) is 0 Å². The van der Waals surface area contributed by atoms with E-state index in [0.717, 1.165) is 10.6 Å². The maximum absolute atomic E-state index is 12.0. The lowest BCUT2D eigenvalue weighted by molar-refractivity contribution is -0.138. The van der Waals surface area contributed by atoms with Crippen molar-refractivity contribution in [1.82, 2.24) is 15.2 Å². The van der Waals surface area contributed by atoms with Gasteiger partial charge in [-0.2, -0.15) is 0 Å². The number of aryl methyl sites for hydroxylation is 1. The van der Waals surface area contributed by atoms with Crippen LogP contribution in [-0.4, -0.2) is 41.3 Å². The number of carbonyl (C=O) groups is 3. The predicted molar refractivity (Wildman–Crippen MR) is 67.3 cm³/mol. The minimum absolute atomic E-state index is 0.000342. The van der Waals surface area contributed by atoms with Crippen molar-refractivity contribution in [2.24, 2.45) is 5.92 Å². The lowest BCUT2D eigenvalue weighted by Gasteiger charge is -2.27. The van der Waals surface area contributed by atoms with Gasteiger partial charge in [-0.1, -0.05) is 6.07 Å².